The lowest BCUT2D eigenvalue weighted by Crippen LogP contribution is -2.00. The minimum Gasteiger partial charge on any atom is -0.493 e. The van der Waals surface area contributed by atoms with Gasteiger partial charge in [0.2, 0.25) is 5.75 Å². The summed E-state index contributed by atoms with van der Waals surface area (Å²) >= 11 is 0. The number of hydrogen-bond acceptors (Lipinski definition) is 5. The maximum Gasteiger partial charge on any atom is 0.203 e. The van der Waals surface area contributed by atoms with Gasteiger partial charge < -0.3 is 19.5 Å². The van der Waals surface area contributed by atoms with Gasteiger partial charge in [-0.05, 0) is 25.5 Å². The molecule has 1 N–H and O–H groups in total. The third-order valence-electron chi connectivity index (χ3n) is 3.81. The molecule has 2 rings (SSSR count). The Bertz CT molecular complexity index is 771. The largest absolute Gasteiger partial charge is 0.493 e. The summed E-state index contributed by atoms with van der Waals surface area (Å²) in [6.45, 7) is 3.89. The smallest absolute Gasteiger partial charge is 0.203 e. The summed E-state index contributed by atoms with van der Waals surface area (Å²) in [6.07, 6.45) is 3.11. The molecule has 0 bridgehead atoms. The molecular formula is C20H23NO4. The minimum absolute atomic E-state index is 0.0545. The zero-order valence-electron chi connectivity index (χ0n) is 15.2. The van der Waals surface area contributed by atoms with E-state index in [2.05, 4.69) is 5.32 Å². The number of benzene rings is 2. The molecule has 0 aliphatic rings. The van der Waals surface area contributed by atoms with Crippen LogP contribution < -0.4 is 19.5 Å². The molecule has 5 nitrogen and oxygen atoms in total. The minimum atomic E-state index is -0.0545. The van der Waals surface area contributed by atoms with Crippen molar-refractivity contribution in [3.63, 3.8) is 0 Å². The molecule has 0 unspecified atom stereocenters. The van der Waals surface area contributed by atoms with E-state index in [0.29, 0.717) is 22.8 Å². The summed E-state index contributed by atoms with van der Waals surface area (Å²) in [6, 6.07) is 9.37. The number of hydrogen-bond donors (Lipinski definition) is 1. The van der Waals surface area contributed by atoms with Gasteiger partial charge in [0, 0.05) is 35.7 Å². The Hall–Kier alpha value is -2.95. The van der Waals surface area contributed by atoms with Crippen LogP contribution in [0, 0.1) is 13.8 Å². The predicted octanol–water partition coefficient (Wildman–Crippen LogP) is 4.14. The molecule has 0 saturated carbocycles. The molecule has 0 atom stereocenters. The number of rotatable bonds is 7. The van der Waals surface area contributed by atoms with Gasteiger partial charge in [0.25, 0.3) is 0 Å². The summed E-state index contributed by atoms with van der Waals surface area (Å²) in [5.74, 6) is 1.55. The molecule has 0 heterocycles. The lowest BCUT2D eigenvalue weighted by Gasteiger charge is -2.14. The fourth-order valence-corrected chi connectivity index (χ4v) is 2.47. The van der Waals surface area contributed by atoms with Gasteiger partial charge in [-0.3, -0.25) is 4.79 Å². The third-order valence-corrected chi connectivity index (χ3v) is 3.81. The lowest BCUT2D eigenvalue weighted by molar-refractivity contribution is 0.104. The molecule has 25 heavy (non-hydrogen) atoms. The molecule has 0 aromatic heterocycles. The zero-order chi connectivity index (χ0) is 18.4. The molecule has 5 heteroatoms. The SMILES string of the molecule is COc1cc(N/C=C/C(=O)c2cc(C)ccc2C)cc(OC)c1OC. The topological polar surface area (TPSA) is 56.8 Å². The van der Waals surface area contributed by atoms with E-state index in [1.165, 1.54) is 6.08 Å². The summed E-state index contributed by atoms with van der Waals surface area (Å²) in [4.78, 5) is 12.4. The Morgan fingerprint density at radius 1 is 0.960 bits per heavy atom. The third kappa shape index (κ3) is 4.32. The van der Waals surface area contributed by atoms with Crippen LogP contribution in [0.25, 0.3) is 0 Å². The second-order valence-corrected chi connectivity index (χ2v) is 5.57. The second kappa shape index (κ2) is 8.24. The zero-order valence-corrected chi connectivity index (χ0v) is 15.2. The normalized spacial score (nSPS) is 10.6. The van der Waals surface area contributed by atoms with Gasteiger partial charge in [-0.15, -0.1) is 0 Å². The van der Waals surface area contributed by atoms with Crippen molar-refractivity contribution in [1.82, 2.24) is 0 Å². The number of methoxy groups -OCH3 is 3. The number of aryl methyl sites for hydroxylation is 2. The predicted molar refractivity (Wildman–Crippen MR) is 99.1 cm³/mol. The number of anilines is 1. The molecule has 0 amide bonds. The number of nitrogens with one attached hydrogen (secondary N) is 1. The van der Waals surface area contributed by atoms with Crippen molar-refractivity contribution in [1.29, 1.82) is 0 Å². The average molecular weight is 341 g/mol. The number of ether oxygens (including phenoxy) is 3. The molecule has 2 aromatic carbocycles. The van der Waals surface area contributed by atoms with Gasteiger partial charge in [0.05, 0.1) is 21.3 Å². The van der Waals surface area contributed by atoms with Crippen LogP contribution in [-0.4, -0.2) is 27.1 Å². The first-order chi connectivity index (χ1) is 12.0. The molecule has 0 saturated heterocycles. The quantitative estimate of drug-likeness (QED) is 0.606. The highest BCUT2D eigenvalue weighted by Gasteiger charge is 2.12. The molecule has 0 fully saturated rings. The first kappa shape index (κ1) is 18.4. The monoisotopic (exact) mass is 341 g/mol. The molecule has 0 radical (unpaired) electrons. The van der Waals surface area contributed by atoms with Crippen LogP contribution in [0.1, 0.15) is 21.5 Å². The van der Waals surface area contributed by atoms with Crippen LogP contribution >= 0.6 is 0 Å². The highest BCUT2D eigenvalue weighted by atomic mass is 16.5. The van der Waals surface area contributed by atoms with Crippen LogP contribution in [0.4, 0.5) is 5.69 Å². The lowest BCUT2D eigenvalue weighted by atomic mass is 10.0. The van der Waals surface area contributed by atoms with Crippen molar-refractivity contribution in [2.24, 2.45) is 0 Å². The number of carbonyl (C=O) groups is 1. The van der Waals surface area contributed by atoms with Gasteiger partial charge in [0.15, 0.2) is 17.3 Å². The van der Waals surface area contributed by atoms with E-state index < -0.39 is 0 Å². The van der Waals surface area contributed by atoms with Crippen molar-refractivity contribution in [3.05, 3.63) is 59.3 Å². The van der Waals surface area contributed by atoms with E-state index in [0.717, 1.165) is 16.8 Å². The van der Waals surface area contributed by atoms with Crippen molar-refractivity contribution < 1.29 is 19.0 Å². The Kier molecular flexibility index (Phi) is 6.06. The van der Waals surface area contributed by atoms with Gasteiger partial charge in [-0.25, -0.2) is 0 Å². The van der Waals surface area contributed by atoms with Gasteiger partial charge in [-0.2, -0.15) is 0 Å². The van der Waals surface area contributed by atoms with Crippen molar-refractivity contribution in [3.8, 4) is 17.2 Å². The fraction of sp³-hybridized carbons (Fsp3) is 0.250. The summed E-state index contributed by atoms with van der Waals surface area (Å²) < 4.78 is 15.9. The molecule has 0 spiro atoms. The Morgan fingerprint density at radius 3 is 2.16 bits per heavy atom. The van der Waals surface area contributed by atoms with Gasteiger partial charge in [0.1, 0.15) is 0 Å². The van der Waals surface area contributed by atoms with Crippen molar-refractivity contribution in [2.75, 3.05) is 26.6 Å². The first-order valence-corrected chi connectivity index (χ1v) is 7.84. The Labute approximate surface area is 148 Å². The van der Waals surface area contributed by atoms with Crippen LogP contribution in [0.5, 0.6) is 17.2 Å². The van der Waals surface area contributed by atoms with Crippen LogP contribution in [0.2, 0.25) is 0 Å². The highest BCUT2D eigenvalue weighted by Crippen LogP contribution is 2.39. The Balaban J connectivity index is 2.19. The molecule has 0 aliphatic heterocycles. The number of carbonyl (C=O) groups excluding carboxylic acids is 1. The van der Waals surface area contributed by atoms with Crippen molar-refractivity contribution >= 4 is 11.5 Å². The van der Waals surface area contributed by atoms with E-state index in [9.17, 15) is 4.79 Å². The molecule has 2 aromatic rings. The number of allylic oxidation sites excluding steroid dienone is 1. The van der Waals surface area contributed by atoms with E-state index in [1.54, 1.807) is 39.7 Å². The maximum absolute atomic E-state index is 12.4. The fourth-order valence-electron chi connectivity index (χ4n) is 2.47. The summed E-state index contributed by atoms with van der Waals surface area (Å²) in [5.41, 5.74) is 3.43. The summed E-state index contributed by atoms with van der Waals surface area (Å²) in [7, 11) is 4.66. The maximum atomic E-state index is 12.4. The standard InChI is InChI=1S/C20H23NO4/c1-13-6-7-14(2)16(10-13)17(22)8-9-21-15-11-18(23-3)20(25-5)19(12-15)24-4/h6-12,21H,1-5H3/b9-8+. The number of ketones is 1. The van der Waals surface area contributed by atoms with E-state index in [4.69, 9.17) is 14.2 Å². The van der Waals surface area contributed by atoms with E-state index >= 15 is 0 Å². The van der Waals surface area contributed by atoms with Crippen LogP contribution in [0.3, 0.4) is 0 Å². The molecular weight excluding hydrogens is 318 g/mol. The van der Waals surface area contributed by atoms with Crippen LogP contribution in [-0.2, 0) is 0 Å². The van der Waals surface area contributed by atoms with Crippen LogP contribution in [0.15, 0.2) is 42.6 Å². The first-order valence-electron chi connectivity index (χ1n) is 7.84. The van der Waals surface area contributed by atoms with E-state index in [-0.39, 0.29) is 5.78 Å². The molecule has 132 valence electrons. The highest BCUT2D eigenvalue weighted by molar-refractivity contribution is 6.05. The van der Waals surface area contributed by atoms with Gasteiger partial charge in [-0.1, -0.05) is 17.7 Å². The summed E-state index contributed by atoms with van der Waals surface area (Å²) in [5, 5.41) is 3.06. The molecule has 0 aliphatic carbocycles. The Morgan fingerprint density at radius 2 is 1.60 bits per heavy atom. The van der Waals surface area contributed by atoms with E-state index in [1.807, 2.05) is 32.0 Å². The second-order valence-electron chi connectivity index (χ2n) is 5.57. The van der Waals surface area contributed by atoms with Crippen molar-refractivity contribution in [2.45, 2.75) is 13.8 Å². The average Bonchev–Trinajstić information content (AvgIpc) is 2.62. The van der Waals surface area contributed by atoms with Gasteiger partial charge >= 0.3 is 0 Å².